The van der Waals surface area contributed by atoms with E-state index in [4.69, 9.17) is 0 Å². The summed E-state index contributed by atoms with van der Waals surface area (Å²) in [6, 6.07) is 17.6. The van der Waals surface area contributed by atoms with Crippen LogP contribution in [0.15, 0.2) is 59.3 Å². The van der Waals surface area contributed by atoms with Gasteiger partial charge in [0.25, 0.3) is 0 Å². The Morgan fingerprint density at radius 1 is 1.04 bits per heavy atom. The van der Waals surface area contributed by atoms with Crippen LogP contribution in [-0.4, -0.2) is 14.8 Å². The van der Waals surface area contributed by atoms with Gasteiger partial charge >= 0.3 is 0 Å². The first-order valence-corrected chi connectivity index (χ1v) is 8.48. The highest BCUT2D eigenvalue weighted by Crippen LogP contribution is 2.37. The molecule has 0 aliphatic carbocycles. The van der Waals surface area contributed by atoms with E-state index in [0.717, 1.165) is 16.8 Å². The number of halogens is 1. The van der Waals surface area contributed by atoms with Crippen molar-refractivity contribution in [1.29, 1.82) is 0 Å². The standard InChI is InChI=1S/C18H17BrN4/c1-12-2-4-13(5-3-12)16-10-17(14-6-8-15(19)9-7-14)23-18(22-16)20-11-21-23/h2-9,11,16-17H,10H2,1H3,(H,20,21,22)/t16-,17-/m0/s1. The van der Waals surface area contributed by atoms with Gasteiger partial charge in [0.2, 0.25) is 5.95 Å². The number of fused-ring (bicyclic) bond motifs is 1. The Labute approximate surface area is 143 Å². The first-order chi connectivity index (χ1) is 11.2. The molecule has 1 N–H and O–H groups in total. The highest BCUT2D eigenvalue weighted by atomic mass is 79.9. The number of benzene rings is 2. The van der Waals surface area contributed by atoms with Crippen LogP contribution in [0.25, 0.3) is 0 Å². The van der Waals surface area contributed by atoms with Crippen LogP contribution in [0.2, 0.25) is 0 Å². The first kappa shape index (κ1) is 14.5. The van der Waals surface area contributed by atoms with Gasteiger partial charge in [0.1, 0.15) is 6.33 Å². The molecule has 1 aliphatic heterocycles. The molecule has 116 valence electrons. The maximum Gasteiger partial charge on any atom is 0.222 e. The molecule has 4 nitrogen and oxygen atoms in total. The van der Waals surface area contributed by atoms with Gasteiger partial charge in [0, 0.05) is 4.47 Å². The van der Waals surface area contributed by atoms with Gasteiger partial charge in [-0.3, -0.25) is 0 Å². The van der Waals surface area contributed by atoms with Gasteiger partial charge in [0.05, 0.1) is 12.1 Å². The average molecular weight is 369 g/mol. The van der Waals surface area contributed by atoms with Crippen molar-refractivity contribution in [2.75, 3.05) is 5.32 Å². The number of aryl methyl sites for hydroxylation is 1. The lowest BCUT2D eigenvalue weighted by Gasteiger charge is -2.32. The lowest BCUT2D eigenvalue weighted by molar-refractivity contribution is 0.431. The van der Waals surface area contributed by atoms with Crippen LogP contribution < -0.4 is 5.32 Å². The molecule has 5 heteroatoms. The van der Waals surface area contributed by atoms with Gasteiger partial charge < -0.3 is 5.32 Å². The molecular weight excluding hydrogens is 352 g/mol. The number of hydrogen-bond donors (Lipinski definition) is 1. The molecule has 1 aromatic heterocycles. The van der Waals surface area contributed by atoms with E-state index in [1.807, 2.05) is 4.68 Å². The summed E-state index contributed by atoms with van der Waals surface area (Å²) in [6.07, 6.45) is 2.56. The van der Waals surface area contributed by atoms with Crippen molar-refractivity contribution in [3.8, 4) is 0 Å². The largest absolute Gasteiger partial charge is 0.348 e. The quantitative estimate of drug-likeness (QED) is 0.724. The van der Waals surface area contributed by atoms with Gasteiger partial charge in [-0.05, 0) is 36.6 Å². The van der Waals surface area contributed by atoms with Crippen molar-refractivity contribution < 1.29 is 0 Å². The Kier molecular flexibility index (Phi) is 3.65. The van der Waals surface area contributed by atoms with Gasteiger partial charge in [-0.15, -0.1) is 0 Å². The van der Waals surface area contributed by atoms with Crippen LogP contribution >= 0.6 is 15.9 Å². The van der Waals surface area contributed by atoms with Crippen LogP contribution in [0.4, 0.5) is 5.95 Å². The molecule has 1 aliphatic rings. The zero-order chi connectivity index (χ0) is 15.8. The predicted molar refractivity (Wildman–Crippen MR) is 94.5 cm³/mol. The third kappa shape index (κ3) is 2.77. The second-order valence-electron chi connectivity index (χ2n) is 5.94. The first-order valence-electron chi connectivity index (χ1n) is 7.69. The van der Waals surface area contributed by atoms with Crippen LogP contribution in [0, 0.1) is 6.92 Å². The minimum absolute atomic E-state index is 0.188. The molecule has 23 heavy (non-hydrogen) atoms. The number of nitrogens with zero attached hydrogens (tertiary/aromatic N) is 3. The molecule has 4 rings (SSSR count). The molecule has 2 heterocycles. The van der Waals surface area contributed by atoms with Crippen molar-refractivity contribution in [3.63, 3.8) is 0 Å². The highest BCUT2D eigenvalue weighted by molar-refractivity contribution is 9.10. The smallest absolute Gasteiger partial charge is 0.222 e. The second-order valence-corrected chi connectivity index (χ2v) is 6.85. The zero-order valence-electron chi connectivity index (χ0n) is 12.8. The van der Waals surface area contributed by atoms with Gasteiger partial charge in [-0.25, -0.2) is 4.68 Å². The Bertz CT molecular complexity index is 808. The second kappa shape index (κ2) is 5.81. The van der Waals surface area contributed by atoms with Crippen molar-refractivity contribution in [3.05, 3.63) is 76.0 Å². The number of nitrogens with one attached hydrogen (secondary N) is 1. The molecule has 0 saturated carbocycles. The number of hydrogen-bond acceptors (Lipinski definition) is 3. The van der Waals surface area contributed by atoms with E-state index in [9.17, 15) is 0 Å². The molecule has 2 atom stereocenters. The molecule has 0 radical (unpaired) electrons. The molecule has 0 amide bonds. The van der Waals surface area contributed by atoms with Crippen LogP contribution in [0.3, 0.4) is 0 Å². The van der Waals surface area contributed by atoms with Gasteiger partial charge in [-0.1, -0.05) is 57.9 Å². The van der Waals surface area contributed by atoms with Crippen LogP contribution in [-0.2, 0) is 0 Å². The summed E-state index contributed by atoms with van der Waals surface area (Å²) in [5.41, 5.74) is 3.81. The Morgan fingerprint density at radius 2 is 1.74 bits per heavy atom. The Balaban J connectivity index is 1.71. The topological polar surface area (TPSA) is 42.7 Å². The van der Waals surface area contributed by atoms with Gasteiger partial charge in [0.15, 0.2) is 0 Å². The van der Waals surface area contributed by atoms with Crippen LogP contribution in [0.5, 0.6) is 0 Å². The molecule has 0 saturated heterocycles. The SMILES string of the molecule is Cc1ccc([C@@H]2C[C@@H](c3ccc(Br)cc3)n3ncnc3N2)cc1. The summed E-state index contributed by atoms with van der Waals surface area (Å²) >= 11 is 3.50. The van der Waals surface area contributed by atoms with E-state index in [-0.39, 0.29) is 12.1 Å². The lowest BCUT2D eigenvalue weighted by Crippen LogP contribution is -2.28. The van der Waals surface area contributed by atoms with E-state index in [1.165, 1.54) is 16.7 Å². The molecule has 0 bridgehead atoms. The average Bonchev–Trinajstić information content (AvgIpc) is 3.04. The van der Waals surface area contributed by atoms with Crippen molar-refractivity contribution in [2.24, 2.45) is 0 Å². The normalized spacial score (nSPS) is 19.9. The van der Waals surface area contributed by atoms with Crippen molar-refractivity contribution in [2.45, 2.75) is 25.4 Å². The summed E-state index contributed by atoms with van der Waals surface area (Å²) in [5.74, 6) is 0.828. The lowest BCUT2D eigenvalue weighted by atomic mass is 9.93. The molecule has 3 aromatic rings. The number of anilines is 1. The Morgan fingerprint density at radius 3 is 2.48 bits per heavy atom. The zero-order valence-corrected chi connectivity index (χ0v) is 14.4. The maximum absolute atomic E-state index is 4.41. The summed E-state index contributed by atoms with van der Waals surface area (Å²) in [7, 11) is 0. The van der Waals surface area contributed by atoms with E-state index in [1.54, 1.807) is 6.33 Å². The fraction of sp³-hybridized carbons (Fsp3) is 0.222. The summed E-state index contributed by atoms with van der Waals surface area (Å²) in [5, 5.41) is 7.91. The maximum atomic E-state index is 4.41. The minimum Gasteiger partial charge on any atom is -0.348 e. The third-order valence-electron chi connectivity index (χ3n) is 4.37. The third-order valence-corrected chi connectivity index (χ3v) is 4.89. The van der Waals surface area contributed by atoms with Crippen molar-refractivity contribution in [1.82, 2.24) is 14.8 Å². The summed E-state index contributed by atoms with van der Waals surface area (Å²) < 4.78 is 3.07. The highest BCUT2D eigenvalue weighted by Gasteiger charge is 2.29. The molecule has 0 spiro atoms. The number of aromatic nitrogens is 3. The Hall–Kier alpha value is -2.14. The van der Waals surface area contributed by atoms with Crippen molar-refractivity contribution >= 4 is 21.9 Å². The molecular formula is C18H17BrN4. The number of rotatable bonds is 2. The predicted octanol–water partition coefficient (Wildman–Crippen LogP) is 4.50. The van der Waals surface area contributed by atoms with E-state index in [2.05, 4.69) is 86.8 Å². The molecule has 0 fully saturated rings. The monoisotopic (exact) mass is 368 g/mol. The summed E-state index contributed by atoms with van der Waals surface area (Å²) in [6.45, 7) is 2.11. The summed E-state index contributed by atoms with van der Waals surface area (Å²) in [4.78, 5) is 4.37. The molecule has 0 unspecified atom stereocenters. The van der Waals surface area contributed by atoms with E-state index >= 15 is 0 Å². The molecule has 2 aromatic carbocycles. The van der Waals surface area contributed by atoms with Crippen LogP contribution in [0.1, 0.15) is 35.2 Å². The van der Waals surface area contributed by atoms with E-state index in [0.29, 0.717) is 0 Å². The van der Waals surface area contributed by atoms with E-state index < -0.39 is 0 Å². The minimum atomic E-state index is 0.188. The fourth-order valence-corrected chi connectivity index (χ4v) is 3.36. The van der Waals surface area contributed by atoms with Gasteiger partial charge in [-0.2, -0.15) is 10.1 Å². The fourth-order valence-electron chi connectivity index (χ4n) is 3.10.